The van der Waals surface area contributed by atoms with Gasteiger partial charge >= 0.3 is 0 Å². The number of nitrogens with zero attached hydrogens (tertiary/aromatic N) is 3. The van der Waals surface area contributed by atoms with Gasteiger partial charge in [-0.2, -0.15) is 0 Å². The number of carbonyl (C=O) groups is 1. The van der Waals surface area contributed by atoms with Crippen LogP contribution < -0.4 is 11.3 Å². The van der Waals surface area contributed by atoms with Gasteiger partial charge in [0.25, 0.3) is 0 Å². The Morgan fingerprint density at radius 1 is 0.912 bits per heavy atom. The van der Waals surface area contributed by atoms with Crippen LogP contribution in [0.15, 0.2) is 65.6 Å². The summed E-state index contributed by atoms with van der Waals surface area (Å²) in [7, 11) is 1.58. The molecule has 0 aliphatic rings. The first-order chi connectivity index (χ1) is 16.2. The molecule has 9 heteroatoms. The molecule has 6 nitrogen and oxygen atoms in total. The SMILES string of the molecule is Cn1cc(-c2nc(CCC(=O)c3c(F)cccc3F)c(N)nc2-c2ccc(F)cc2)ccc1=O. The van der Waals surface area contributed by atoms with Crippen molar-refractivity contribution in [2.24, 2.45) is 7.05 Å². The summed E-state index contributed by atoms with van der Waals surface area (Å²) in [5.41, 5.74) is 7.31. The lowest BCUT2D eigenvalue weighted by molar-refractivity contribution is 0.0974. The van der Waals surface area contributed by atoms with E-state index in [0.717, 1.165) is 12.1 Å². The van der Waals surface area contributed by atoms with Gasteiger partial charge in [-0.05, 0) is 42.5 Å². The van der Waals surface area contributed by atoms with Crippen LogP contribution >= 0.6 is 0 Å². The number of benzene rings is 2. The van der Waals surface area contributed by atoms with E-state index in [0.29, 0.717) is 22.5 Å². The zero-order chi connectivity index (χ0) is 24.4. The molecule has 0 spiro atoms. The van der Waals surface area contributed by atoms with Gasteiger partial charge in [-0.1, -0.05) is 6.07 Å². The second-order valence-electron chi connectivity index (χ2n) is 7.65. The first-order valence-corrected chi connectivity index (χ1v) is 10.3. The number of Topliss-reactive ketones (excluding diaryl/α,β-unsaturated/α-hetero) is 1. The van der Waals surface area contributed by atoms with Gasteiger partial charge in [0.2, 0.25) is 5.56 Å². The van der Waals surface area contributed by atoms with Gasteiger partial charge in [0.1, 0.15) is 23.3 Å². The molecule has 4 rings (SSSR count). The van der Waals surface area contributed by atoms with Crippen molar-refractivity contribution in [2.75, 3.05) is 5.73 Å². The van der Waals surface area contributed by atoms with Crippen molar-refractivity contribution >= 4 is 11.6 Å². The van der Waals surface area contributed by atoms with Gasteiger partial charge in [-0.25, -0.2) is 23.1 Å². The maximum Gasteiger partial charge on any atom is 0.250 e. The van der Waals surface area contributed by atoms with E-state index in [1.807, 2.05) is 0 Å². The molecule has 172 valence electrons. The number of ketones is 1. The number of aryl methyl sites for hydroxylation is 2. The molecule has 0 unspecified atom stereocenters. The number of pyridine rings is 1. The smallest absolute Gasteiger partial charge is 0.250 e. The van der Waals surface area contributed by atoms with Gasteiger partial charge in [0, 0.05) is 43.3 Å². The van der Waals surface area contributed by atoms with Crippen molar-refractivity contribution in [1.29, 1.82) is 0 Å². The number of aromatic nitrogens is 3. The molecule has 0 bridgehead atoms. The van der Waals surface area contributed by atoms with Crippen molar-refractivity contribution in [2.45, 2.75) is 12.8 Å². The van der Waals surface area contributed by atoms with Crippen LogP contribution in [0.4, 0.5) is 19.0 Å². The van der Waals surface area contributed by atoms with Crippen LogP contribution in [0.1, 0.15) is 22.5 Å². The summed E-state index contributed by atoms with van der Waals surface area (Å²) in [6.45, 7) is 0. The number of anilines is 1. The maximum atomic E-state index is 14.0. The lowest BCUT2D eigenvalue weighted by Crippen LogP contribution is -2.15. The molecular weight excluding hydrogens is 445 g/mol. The average molecular weight is 464 g/mol. The topological polar surface area (TPSA) is 90.9 Å². The number of carbonyl (C=O) groups excluding carboxylic acids is 1. The second kappa shape index (κ2) is 9.30. The Labute approximate surface area is 192 Å². The summed E-state index contributed by atoms with van der Waals surface area (Å²) in [6, 6.07) is 11.7. The lowest BCUT2D eigenvalue weighted by atomic mass is 10.0. The molecule has 0 saturated carbocycles. The van der Waals surface area contributed by atoms with Crippen LogP contribution in [0.5, 0.6) is 0 Å². The highest BCUT2D eigenvalue weighted by Gasteiger charge is 2.20. The molecule has 0 atom stereocenters. The molecule has 0 aliphatic heterocycles. The maximum absolute atomic E-state index is 14.0. The largest absolute Gasteiger partial charge is 0.382 e. The Kier molecular flexibility index (Phi) is 6.27. The van der Waals surface area contributed by atoms with Gasteiger partial charge in [-0.15, -0.1) is 0 Å². The number of rotatable bonds is 6. The molecular formula is C25H19F3N4O2. The standard InChI is InChI=1S/C25H19F3N4O2/c1-32-13-15(7-12-21(32)34)24-23(14-5-8-16(26)9-6-14)31-25(29)19(30-24)10-11-20(33)22-17(27)3-2-4-18(22)28/h2-9,12-13H,10-11H2,1H3,(H2,29,31). The van der Waals surface area contributed by atoms with Gasteiger partial charge in [0.05, 0.1) is 22.6 Å². The summed E-state index contributed by atoms with van der Waals surface area (Å²) in [5.74, 6) is -3.02. The number of nitrogens with two attached hydrogens (primary N) is 1. The fourth-order valence-corrected chi connectivity index (χ4v) is 3.53. The van der Waals surface area contributed by atoms with E-state index in [1.54, 1.807) is 19.3 Å². The van der Waals surface area contributed by atoms with Crippen LogP contribution in [0.25, 0.3) is 22.5 Å². The highest BCUT2D eigenvalue weighted by atomic mass is 19.1. The predicted molar refractivity (Wildman–Crippen MR) is 122 cm³/mol. The molecule has 0 amide bonds. The number of halogens is 3. The number of nitrogen functional groups attached to an aromatic ring is 1. The van der Waals surface area contributed by atoms with Gasteiger partial charge < -0.3 is 10.3 Å². The van der Waals surface area contributed by atoms with Gasteiger partial charge in [0.15, 0.2) is 5.78 Å². The van der Waals surface area contributed by atoms with Crippen LogP contribution in [-0.4, -0.2) is 20.3 Å². The summed E-state index contributed by atoms with van der Waals surface area (Å²) in [5, 5.41) is 0. The zero-order valence-corrected chi connectivity index (χ0v) is 18.1. The van der Waals surface area contributed by atoms with E-state index in [2.05, 4.69) is 9.97 Å². The van der Waals surface area contributed by atoms with Gasteiger partial charge in [-0.3, -0.25) is 9.59 Å². The highest BCUT2D eigenvalue weighted by molar-refractivity contribution is 5.96. The molecule has 2 aromatic heterocycles. The summed E-state index contributed by atoms with van der Waals surface area (Å²) >= 11 is 0. The molecule has 0 fully saturated rings. The Morgan fingerprint density at radius 2 is 1.53 bits per heavy atom. The number of hydrogen-bond acceptors (Lipinski definition) is 5. The third-order valence-electron chi connectivity index (χ3n) is 5.31. The van der Waals surface area contributed by atoms with Crippen molar-refractivity contribution in [1.82, 2.24) is 14.5 Å². The van der Waals surface area contributed by atoms with Crippen molar-refractivity contribution < 1.29 is 18.0 Å². The van der Waals surface area contributed by atoms with E-state index in [1.165, 1.54) is 41.0 Å². The van der Waals surface area contributed by atoms with Crippen LogP contribution in [0.2, 0.25) is 0 Å². The Balaban J connectivity index is 1.75. The van der Waals surface area contributed by atoms with E-state index in [4.69, 9.17) is 5.73 Å². The minimum absolute atomic E-state index is 0.0199. The predicted octanol–water partition coefficient (Wildman–Crippen LogP) is 4.32. The zero-order valence-electron chi connectivity index (χ0n) is 18.1. The first kappa shape index (κ1) is 22.9. The Hall–Kier alpha value is -4.27. The Morgan fingerprint density at radius 3 is 2.18 bits per heavy atom. The molecule has 0 saturated heterocycles. The first-order valence-electron chi connectivity index (χ1n) is 10.3. The molecule has 4 aromatic rings. The third-order valence-corrected chi connectivity index (χ3v) is 5.31. The highest BCUT2D eigenvalue weighted by Crippen LogP contribution is 2.31. The van der Waals surface area contributed by atoms with Crippen LogP contribution in [-0.2, 0) is 13.5 Å². The van der Waals surface area contributed by atoms with Crippen molar-refractivity contribution in [3.05, 3.63) is 99.9 Å². The van der Waals surface area contributed by atoms with Crippen LogP contribution in [0.3, 0.4) is 0 Å². The molecule has 2 aromatic carbocycles. The van der Waals surface area contributed by atoms with Crippen LogP contribution in [0, 0.1) is 17.5 Å². The summed E-state index contributed by atoms with van der Waals surface area (Å²) in [4.78, 5) is 33.4. The molecule has 34 heavy (non-hydrogen) atoms. The fourth-order valence-electron chi connectivity index (χ4n) is 3.53. The van der Waals surface area contributed by atoms with E-state index in [9.17, 15) is 22.8 Å². The Bertz CT molecular complexity index is 1430. The molecule has 0 aliphatic carbocycles. The van der Waals surface area contributed by atoms with Crippen molar-refractivity contribution in [3.8, 4) is 22.5 Å². The average Bonchev–Trinajstić information content (AvgIpc) is 2.80. The summed E-state index contributed by atoms with van der Waals surface area (Å²) < 4.78 is 42.7. The third kappa shape index (κ3) is 4.59. The van der Waals surface area contributed by atoms with E-state index >= 15 is 0 Å². The minimum atomic E-state index is -0.943. The lowest BCUT2D eigenvalue weighted by Gasteiger charge is -2.14. The molecule has 2 heterocycles. The second-order valence-corrected chi connectivity index (χ2v) is 7.65. The fraction of sp³-hybridized carbons (Fsp3) is 0.120. The monoisotopic (exact) mass is 464 g/mol. The van der Waals surface area contributed by atoms with E-state index in [-0.39, 0.29) is 29.9 Å². The molecule has 2 N–H and O–H groups in total. The molecule has 0 radical (unpaired) electrons. The van der Waals surface area contributed by atoms with E-state index < -0.39 is 28.8 Å². The quantitative estimate of drug-likeness (QED) is 0.429. The minimum Gasteiger partial charge on any atom is -0.382 e. The summed E-state index contributed by atoms with van der Waals surface area (Å²) in [6.07, 6.45) is 1.30. The van der Waals surface area contributed by atoms with Crippen molar-refractivity contribution in [3.63, 3.8) is 0 Å². The normalized spacial score (nSPS) is 10.9. The number of hydrogen-bond donors (Lipinski definition) is 1.